The zero-order chi connectivity index (χ0) is 19.2. The van der Waals surface area contributed by atoms with Gasteiger partial charge in [0, 0.05) is 33.0 Å². The normalized spacial score (nSPS) is 12.8. The standard InChI is InChI=1S/C19H23FN2O3S/c1-22(2)26(24,25)13-12-21-19(23)14-18(15-6-4-3-5-7-15)16-8-10-17(20)11-9-16/h3-11,18H,12-14H2,1-2H3,(H,21,23)/t18-/m0/s1. The van der Waals surface area contributed by atoms with Gasteiger partial charge in [0.1, 0.15) is 5.82 Å². The molecular formula is C19H23FN2O3S. The van der Waals surface area contributed by atoms with Crippen LogP contribution in [-0.4, -0.2) is 45.0 Å². The Hall–Kier alpha value is -2.25. The zero-order valence-electron chi connectivity index (χ0n) is 14.9. The van der Waals surface area contributed by atoms with Gasteiger partial charge in [-0.1, -0.05) is 42.5 Å². The van der Waals surface area contributed by atoms with Crippen molar-refractivity contribution in [1.29, 1.82) is 0 Å². The van der Waals surface area contributed by atoms with Crippen molar-refractivity contribution in [2.75, 3.05) is 26.4 Å². The van der Waals surface area contributed by atoms with E-state index in [9.17, 15) is 17.6 Å². The summed E-state index contributed by atoms with van der Waals surface area (Å²) in [5.41, 5.74) is 1.77. The lowest BCUT2D eigenvalue weighted by atomic mass is 9.88. The molecule has 0 heterocycles. The summed E-state index contributed by atoms with van der Waals surface area (Å²) in [6.45, 7) is 0.0459. The molecule has 1 atom stereocenters. The van der Waals surface area contributed by atoms with Gasteiger partial charge in [-0.3, -0.25) is 4.79 Å². The van der Waals surface area contributed by atoms with Gasteiger partial charge >= 0.3 is 0 Å². The summed E-state index contributed by atoms with van der Waals surface area (Å²) in [6.07, 6.45) is 0.150. The van der Waals surface area contributed by atoms with Crippen molar-refractivity contribution in [3.05, 3.63) is 71.5 Å². The smallest absolute Gasteiger partial charge is 0.220 e. The lowest BCUT2D eigenvalue weighted by molar-refractivity contribution is -0.121. The maximum Gasteiger partial charge on any atom is 0.220 e. The van der Waals surface area contributed by atoms with Crippen molar-refractivity contribution in [2.45, 2.75) is 12.3 Å². The number of nitrogens with one attached hydrogen (secondary N) is 1. The third kappa shape index (κ3) is 5.64. The topological polar surface area (TPSA) is 66.5 Å². The summed E-state index contributed by atoms with van der Waals surface area (Å²) < 4.78 is 37.8. The molecule has 1 N–H and O–H groups in total. The molecule has 0 aliphatic heterocycles. The maximum absolute atomic E-state index is 13.2. The Morgan fingerprint density at radius 3 is 2.19 bits per heavy atom. The molecule has 0 unspecified atom stereocenters. The Labute approximate surface area is 153 Å². The second kappa shape index (κ2) is 8.91. The van der Waals surface area contributed by atoms with Crippen molar-refractivity contribution in [2.24, 2.45) is 0 Å². The van der Waals surface area contributed by atoms with Crippen LogP contribution in [0.3, 0.4) is 0 Å². The SMILES string of the molecule is CN(C)S(=O)(=O)CCNC(=O)C[C@@H](c1ccccc1)c1ccc(F)cc1. The summed E-state index contributed by atoms with van der Waals surface area (Å²) in [5.74, 6) is -0.975. The second-order valence-electron chi connectivity index (χ2n) is 6.17. The third-order valence-corrected chi connectivity index (χ3v) is 5.94. The minimum atomic E-state index is -3.35. The van der Waals surface area contributed by atoms with Crippen molar-refractivity contribution >= 4 is 15.9 Å². The summed E-state index contributed by atoms with van der Waals surface area (Å²) >= 11 is 0. The highest BCUT2D eigenvalue weighted by molar-refractivity contribution is 7.89. The lowest BCUT2D eigenvalue weighted by Crippen LogP contribution is -2.34. The maximum atomic E-state index is 13.2. The molecule has 0 aliphatic carbocycles. The first-order chi connectivity index (χ1) is 12.3. The van der Waals surface area contributed by atoms with Crippen LogP contribution in [0, 0.1) is 5.82 Å². The molecule has 0 bridgehead atoms. The Balaban J connectivity index is 2.07. The molecule has 0 aliphatic rings. The summed E-state index contributed by atoms with van der Waals surface area (Å²) in [7, 11) is -0.444. The molecule has 0 aromatic heterocycles. The van der Waals surface area contributed by atoms with E-state index >= 15 is 0 Å². The number of carbonyl (C=O) groups is 1. The van der Waals surface area contributed by atoms with E-state index in [-0.39, 0.29) is 36.4 Å². The molecule has 0 saturated heterocycles. The Bertz CT molecular complexity index is 822. The van der Waals surface area contributed by atoms with Gasteiger partial charge in [0.15, 0.2) is 0 Å². The van der Waals surface area contributed by atoms with Crippen LogP contribution in [0.15, 0.2) is 54.6 Å². The lowest BCUT2D eigenvalue weighted by Gasteiger charge is -2.18. The minimum absolute atomic E-state index is 0.0459. The molecule has 0 spiro atoms. The molecule has 1 amide bonds. The van der Waals surface area contributed by atoms with E-state index in [2.05, 4.69) is 5.32 Å². The number of rotatable bonds is 8. The van der Waals surface area contributed by atoms with E-state index in [1.807, 2.05) is 30.3 Å². The molecule has 0 radical (unpaired) electrons. The number of hydrogen-bond acceptors (Lipinski definition) is 3. The monoisotopic (exact) mass is 378 g/mol. The minimum Gasteiger partial charge on any atom is -0.355 e. The molecule has 140 valence electrons. The first-order valence-corrected chi connectivity index (χ1v) is 9.88. The van der Waals surface area contributed by atoms with E-state index in [1.54, 1.807) is 12.1 Å². The number of sulfonamides is 1. The largest absolute Gasteiger partial charge is 0.355 e. The predicted molar refractivity (Wildman–Crippen MR) is 99.8 cm³/mol. The van der Waals surface area contributed by atoms with E-state index in [4.69, 9.17) is 0 Å². The number of benzene rings is 2. The van der Waals surface area contributed by atoms with Crippen molar-refractivity contribution in [3.8, 4) is 0 Å². The van der Waals surface area contributed by atoms with Crippen LogP contribution in [0.2, 0.25) is 0 Å². The Morgan fingerprint density at radius 1 is 1.04 bits per heavy atom. The number of nitrogens with zero attached hydrogens (tertiary/aromatic N) is 1. The molecule has 2 aromatic rings. The first kappa shape index (κ1) is 20.1. The van der Waals surface area contributed by atoms with Gasteiger partial charge in [-0.15, -0.1) is 0 Å². The van der Waals surface area contributed by atoms with Crippen LogP contribution in [0.1, 0.15) is 23.5 Å². The summed E-state index contributed by atoms with van der Waals surface area (Å²) in [4.78, 5) is 12.3. The van der Waals surface area contributed by atoms with Gasteiger partial charge in [-0.2, -0.15) is 0 Å². The summed E-state index contributed by atoms with van der Waals surface area (Å²) in [5, 5.41) is 2.66. The Kier molecular flexibility index (Phi) is 6.88. The fraction of sp³-hybridized carbons (Fsp3) is 0.316. The van der Waals surface area contributed by atoms with E-state index in [0.717, 1.165) is 15.4 Å². The highest BCUT2D eigenvalue weighted by Crippen LogP contribution is 2.28. The van der Waals surface area contributed by atoms with Gasteiger partial charge in [-0.05, 0) is 23.3 Å². The highest BCUT2D eigenvalue weighted by atomic mass is 32.2. The predicted octanol–water partition coefficient (Wildman–Crippen LogP) is 2.36. The van der Waals surface area contributed by atoms with Crippen LogP contribution in [0.25, 0.3) is 0 Å². The molecule has 2 rings (SSSR count). The van der Waals surface area contributed by atoms with E-state index < -0.39 is 10.0 Å². The van der Waals surface area contributed by atoms with Crippen LogP contribution in [0.5, 0.6) is 0 Å². The van der Waals surface area contributed by atoms with Crippen LogP contribution >= 0.6 is 0 Å². The highest BCUT2D eigenvalue weighted by Gasteiger charge is 2.19. The average molecular weight is 378 g/mol. The zero-order valence-corrected chi connectivity index (χ0v) is 15.7. The fourth-order valence-electron chi connectivity index (χ4n) is 2.57. The average Bonchev–Trinajstić information content (AvgIpc) is 2.61. The van der Waals surface area contributed by atoms with Gasteiger partial charge in [0.25, 0.3) is 0 Å². The fourth-order valence-corrected chi connectivity index (χ4v) is 3.29. The molecule has 26 heavy (non-hydrogen) atoms. The molecule has 2 aromatic carbocycles. The molecule has 5 nitrogen and oxygen atoms in total. The van der Waals surface area contributed by atoms with E-state index in [1.165, 1.54) is 26.2 Å². The quantitative estimate of drug-likeness (QED) is 0.767. The molecular weight excluding hydrogens is 355 g/mol. The summed E-state index contributed by atoms with van der Waals surface area (Å²) in [6, 6.07) is 15.5. The van der Waals surface area contributed by atoms with Crippen molar-refractivity contribution < 1.29 is 17.6 Å². The number of amides is 1. The van der Waals surface area contributed by atoms with Crippen LogP contribution in [-0.2, 0) is 14.8 Å². The van der Waals surface area contributed by atoms with Gasteiger partial charge in [0.2, 0.25) is 15.9 Å². The third-order valence-electron chi connectivity index (χ3n) is 4.10. The van der Waals surface area contributed by atoms with Gasteiger partial charge < -0.3 is 5.32 Å². The molecule has 0 fully saturated rings. The first-order valence-electron chi connectivity index (χ1n) is 8.27. The van der Waals surface area contributed by atoms with Gasteiger partial charge in [-0.25, -0.2) is 17.1 Å². The van der Waals surface area contributed by atoms with Crippen LogP contribution in [0.4, 0.5) is 4.39 Å². The van der Waals surface area contributed by atoms with Crippen molar-refractivity contribution in [3.63, 3.8) is 0 Å². The molecule has 0 saturated carbocycles. The van der Waals surface area contributed by atoms with Crippen molar-refractivity contribution in [1.82, 2.24) is 9.62 Å². The van der Waals surface area contributed by atoms with Crippen LogP contribution < -0.4 is 5.32 Å². The number of hydrogen-bond donors (Lipinski definition) is 1. The van der Waals surface area contributed by atoms with Gasteiger partial charge in [0.05, 0.1) is 5.75 Å². The molecule has 7 heteroatoms. The second-order valence-corrected chi connectivity index (χ2v) is 8.47. The Morgan fingerprint density at radius 2 is 1.62 bits per heavy atom. The van der Waals surface area contributed by atoms with E-state index in [0.29, 0.717) is 0 Å². The number of halogens is 1. The number of carbonyl (C=O) groups excluding carboxylic acids is 1.